The molecule has 0 saturated carbocycles. The van der Waals surface area contributed by atoms with Gasteiger partial charge in [-0.3, -0.25) is 4.79 Å². The number of benzene rings is 2. The van der Waals surface area contributed by atoms with E-state index in [1.165, 1.54) is 5.56 Å². The van der Waals surface area contributed by atoms with Crippen molar-refractivity contribution in [2.75, 3.05) is 38.2 Å². The van der Waals surface area contributed by atoms with E-state index < -0.39 is 0 Å². The molecule has 1 aromatic heterocycles. The largest absolute Gasteiger partial charge is 0.398 e. The average Bonchev–Trinajstić information content (AvgIpc) is 3.31. The summed E-state index contributed by atoms with van der Waals surface area (Å²) in [6.07, 6.45) is 4.00. The number of nitrogen functional groups attached to an aromatic ring is 1. The minimum Gasteiger partial charge on any atom is -0.398 e. The van der Waals surface area contributed by atoms with Crippen molar-refractivity contribution in [3.05, 3.63) is 87.1 Å². The molecule has 0 bridgehead atoms. The Hall–Kier alpha value is -3.26. The monoisotopic (exact) mass is 475 g/mol. The molecule has 5 N–H and O–H groups in total. The number of carbonyl (C=O) groups excluding carboxylic acids is 1. The van der Waals surface area contributed by atoms with Crippen LogP contribution in [0, 0.1) is 12.3 Å². The first kappa shape index (κ1) is 25.4. The molecule has 3 rings (SSSR count). The van der Waals surface area contributed by atoms with E-state index in [-0.39, 0.29) is 5.91 Å². The summed E-state index contributed by atoms with van der Waals surface area (Å²) >= 11 is 1.56. The number of nitrogens with one attached hydrogen (secondary N) is 3. The predicted molar refractivity (Wildman–Crippen MR) is 145 cm³/mol. The average molecular weight is 476 g/mol. The van der Waals surface area contributed by atoms with Crippen LogP contribution in [0.25, 0.3) is 6.08 Å². The van der Waals surface area contributed by atoms with Crippen LogP contribution in [0.1, 0.15) is 27.1 Å². The Morgan fingerprint density at radius 1 is 1.21 bits per heavy atom. The van der Waals surface area contributed by atoms with E-state index in [9.17, 15) is 4.79 Å². The van der Waals surface area contributed by atoms with E-state index in [2.05, 4.69) is 34.7 Å². The van der Waals surface area contributed by atoms with Gasteiger partial charge >= 0.3 is 0 Å². The number of thiophene rings is 1. The Kier molecular flexibility index (Phi) is 9.16. The fourth-order valence-corrected chi connectivity index (χ4v) is 4.33. The molecule has 0 radical (unpaired) electrons. The third-order valence-electron chi connectivity index (χ3n) is 5.47. The van der Waals surface area contributed by atoms with Gasteiger partial charge in [-0.25, -0.2) is 0 Å². The lowest BCUT2D eigenvalue weighted by Crippen LogP contribution is -2.26. The maximum absolute atomic E-state index is 12.5. The van der Waals surface area contributed by atoms with E-state index >= 15 is 0 Å². The first-order valence-corrected chi connectivity index (χ1v) is 12.1. The number of carbonyl (C=O) groups is 1. The fraction of sp³-hybridized carbons (Fsp3) is 0.259. The van der Waals surface area contributed by atoms with Gasteiger partial charge in [0.1, 0.15) is 0 Å². The Balaban J connectivity index is 1.70. The van der Waals surface area contributed by atoms with Gasteiger partial charge in [0, 0.05) is 41.4 Å². The Morgan fingerprint density at radius 2 is 2.03 bits per heavy atom. The lowest BCUT2D eigenvalue weighted by atomic mass is 10.0. The normalized spacial score (nSPS) is 11.3. The van der Waals surface area contributed by atoms with Crippen LogP contribution in [-0.2, 0) is 17.8 Å². The van der Waals surface area contributed by atoms with E-state index in [0.29, 0.717) is 29.1 Å². The van der Waals surface area contributed by atoms with Crippen LogP contribution in [0.3, 0.4) is 0 Å². The van der Waals surface area contributed by atoms with Crippen molar-refractivity contribution in [2.45, 2.75) is 19.9 Å². The fourth-order valence-electron chi connectivity index (χ4n) is 3.62. The lowest BCUT2D eigenvalue weighted by Gasteiger charge is -2.16. The third-order valence-corrected chi connectivity index (χ3v) is 6.34. The number of aryl methyl sites for hydroxylation is 1. The quantitative estimate of drug-likeness (QED) is 0.242. The molecule has 0 aliphatic heterocycles. The van der Waals surface area contributed by atoms with Crippen molar-refractivity contribution >= 4 is 40.4 Å². The number of nitrogens with zero attached hydrogens (tertiary/aromatic N) is 1. The van der Waals surface area contributed by atoms with Crippen LogP contribution < -0.4 is 16.4 Å². The van der Waals surface area contributed by atoms with Crippen LogP contribution in [0.2, 0.25) is 0 Å². The molecule has 0 saturated heterocycles. The van der Waals surface area contributed by atoms with E-state index in [0.717, 1.165) is 35.6 Å². The minimum atomic E-state index is -0.0835. The number of hydrogen-bond acceptors (Lipinski definition) is 6. The first-order chi connectivity index (χ1) is 16.4. The molecule has 178 valence electrons. The van der Waals surface area contributed by atoms with Gasteiger partial charge in [0.05, 0.1) is 12.1 Å². The van der Waals surface area contributed by atoms with Gasteiger partial charge in [-0.2, -0.15) is 0 Å². The molecule has 34 heavy (non-hydrogen) atoms. The molecular formula is C27H33N5OS. The minimum absolute atomic E-state index is 0.0835. The lowest BCUT2D eigenvalue weighted by molar-refractivity contribution is -0.115. The van der Waals surface area contributed by atoms with E-state index in [4.69, 9.17) is 11.1 Å². The second kappa shape index (κ2) is 12.3. The molecule has 0 atom stereocenters. The highest BCUT2D eigenvalue weighted by Gasteiger charge is 2.12. The molecule has 0 spiro atoms. The molecule has 0 aliphatic rings. The van der Waals surface area contributed by atoms with Crippen molar-refractivity contribution in [1.82, 2.24) is 10.2 Å². The number of nitrogens with two attached hydrogens (primary N) is 1. The number of rotatable bonds is 11. The molecule has 1 heterocycles. The van der Waals surface area contributed by atoms with Crippen LogP contribution in [-0.4, -0.2) is 43.7 Å². The summed E-state index contributed by atoms with van der Waals surface area (Å²) in [6, 6.07) is 15.8. The number of amides is 1. The van der Waals surface area contributed by atoms with Crippen LogP contribution in [0.15, 0.2) is 60.0 Å². The summed E-state index contributed by atoms with van der Waals surface area (Å²) in [5.74, 6) is -0.0835. The topological polar surface area (TPSA) is 94.2 Å². The summed E-state index contributed by atoms with van der Waals surface area (Å²) in [6.45, 7) is 4.68. The number of anilines is 2. The van der Waals surface area contributed by atoms with Crippen LogP contribution in [0.5, 0.6) is 0 Å². The van der Waals surface area contributed by atoms with E-state index in [1.807, 2.05) is 49.7 Å². The van der Waals surface area contributed by atoms with Gasteiger partial charge < -0.3 is 26.7 Å². The molecule has 1 amide bonds. The molecule has 6 nitrogen and oxygen atoms in total. The molecule has 0 aliphatic carbocycles. The maximum Gasteiger partial charge on any atom is 0.229 e. The van der Waals surface area contributed by atoms with Gasteiger partial charge in [-0.05, 0) is 67.4 Å². The van der Waals surface area contributed by atoms with Gasteiger partial charge in [0.25, 0.3) is 0 Å². The van der Waals surface area contributed by atoms with Crippen LogP contribution >= 0.6 is 11.3 Å². The summed E-state index contributed by atoms with van der Waals surface area (Å²) < 4.78 is 0. The predicted octanol–water partition coefficient (Wildman–Crippen LogP) is 4.55. The van der Waals surface area contributed by atoms with Crippen LogP contribution in [0.4, 0.5) is 11.4 Å². The molecule has 0 fully saturated rings. The highest BCUT2D eigenvalue weighted by molar-refractivity contribution is 7.10. The standard InChI is InChI=1S/C27H33N5OS/c1-19-14-25(29)23(17-26(19)31-27(33)16-22-8-5-13-34-22)24(28)10-9-20-6-4-7-21(15-20)18-32(3)12-11-30-2/h4-10,13-15,17,28,30H,11-12,16,18,29H2,1-3H3,(H,31,33)/b10-9+,28-24?. The maximum atomic E-state index is 12.5. The SMILES string of the molecule is CNCCN(C)Cc1cccc(/C=C/C(=N)c2cc(NC(=O)Cc3cccs3)c(C)cc2N)c1. The molecule has 3 aromatic rings. The van der Waals surface area contributed by atoms with Crippen molar-refractivity contribution in [2.24, 2.45) is 0 Å². The summed E-state index contributed by atoms with van der Waals surface area (Å²) in [5, 5.41) is 16.7. The van der Waals surface area contributed by atoms with Crippen molar-refractivity contribution in [3.63, 3.8) is 0 Å². The number of hydrogen-bond donors (Lipinski definition) is 4. The van der Waals surface area contributed by atoms with Crippen molar-refractivity contribution in [1.29, 1.82) is 5.41 Å². The van der Waals surface area contributed by atoms with Gasteiger partial charge in [0.15, 0.2) is 0 Å². The zero-order valence-corrected chi connectivity index (χ0v) is 20.8. The molecule has 2 aromatic carbocycles. The highest BCUT2D eigenvalue weighted by atomic mass is 32.1. The second-order valence-corrected chi connectivity index (χ2v) is 9.42. The Bertz CT molecular complexity index is 1150. The number of likely N-dealkylation sites (N-methyl/N-ethyl adjacent to an activating group) is 2. The Morgan fingerprint density at radius 3 is 2.76 bits per heavy atom. The molecular weight excluding hydrogens is 442 g/mol. The van der Waals surface area contributed by atoms with Gasteiger partial charge in [0.2, 0.25) is 5.91 Å². The van der Waals surface area contributed by atoms with E-state index in [1.54, 1.807) is 29.5 Å². The number of allylic oxidation sites excluding steroid dienone is 1. The zero-order valence-electron chi connectivity index (χ0n) is 20.0. The molecule has 0 unspecified atom stereocenters. The smallest absolute Gasteiger partial charge is 0.229 e. The first-order valence-electron chi connectivity index (χ1n) is 11.3. The Labute approximate surface area is 206 Å². The van der Waals surface area contributed by atoms with Gasteiger partial charge in [-0.15, -0.1) is 11.3 Å². The summed E-state index contributed by atoms with van der Waals surface area (Å²) in [4.78, 5) is 15.7. The second-order valence-electron chi connectivity index (χ2n) is 8.39. The van der Waals surface area contributed by atoms with Crippen molar-refractivity contribution < 1.29 is 4.79 Å². The summed E-state index contributed by atoms with van der Waals surface area (Å²) in [7, 11) is 4.06. The van der Waals surface area contributed by atoms with Crippen molar-refractivity contribution in [3.8, 4) is 0 Å². The van der Waals surface area contributed by atoms with Gasteiger partial charge in [-0.1, -0.05) is 36.4 Å². The summed E-state index contributed by atoms with van der Waals surface area (Å²) in [5.41, 5.74) is 11.4. The third kappa shape index (κ3) is 7.38. The highest BCUT2D eigenvalue weighted by Crippen LogP contribution is 2.24. The molecule has 7 heteroatoms. The zero-order chi connectivity index (χ0) is 24.5.